The van der Waals surface area contributed by atoms with Gasteiger partial charge in [-0.05, 0) is 111 Å². The summed E-state index contributed by atoms with van der Waals surface area (Å²) in [5.41, 5.74) is 8.51. The molecule has 0 unspecified atom stereocenters. The minimum Gasteiger partial charge on any atom is -0.508 e. The van der Waals surface area contributed by atoms with Gasteiger partial charge in [-0.1, -0.05) is 35.5 Å². The van der Waals surface area contributed by atoms with Gasteiger partial charge in [-0.3, -0.25) is 52.7 Å². The van der Waals surface area contributed by atoms with Crippen LogP contribution in [-0.2, 0) is 88.3 Å². The summed E-state index contributed by atoms with van der Waals surface area (Å²) >= 11 is 2.45. The number of phenols is 2. The predicted octanol–water partition coefficient (Wildman–Crippen LogP) is -0.786. The van der Waals surface area contributed by atoms with Crippen molar-refractivity contribution >= 4 is 94.8 Å². The number of amides is 10. The van der Waals surface area contributed by atoms with Crippen LogP contribution in [0.2, 0.25) is 0 Å². The molecule has 4 aromatic rings. The number of phenolic OH excluding ortho intramolecular Hbond substituents is 2. The highest BCUT2D eigenvalue weighted by atomic mass is 32.2. The van der Waals surface area contributed by atoms with E-state index in [0.717, 1.165) is 30.9 Å². The van der Waals surface area contributed by atoms with Gasteiger partial charge in [0.25, 0.3) is 5.91 Å². The van der Waals surface area contributed by atoms with Gasteiger partial charge in [0.2, 0.25) is 53.2 Å². The average molecular weight is 1340 g/mol. The highest BCUT2D eigenvalue weighted by molar-refractivity contribution is 7.98. The van der Waals surface area contributed by atoms with Crippen molar-refractivity contribution in [1.82, 2.24) is 57.4 Å². The number of aliphatic hydroxyl groups is 1. The molecule has 15 N–H and O–H groups in total. The van der Waals surface area contributed by atoms with Crippen LogP contribution in [0.4, 0.5) is 0 Å². The predicted molar refractivity (Wildman–Crippen MR) is 342 cm³/mol. The van der Waals surface area contributed by atoms with E-state index in [2.05, 4.69) is 57.7 Å². The number of aromatic hydroxyl groups is 2. The van der Waals surface area contributed by atoms with Gasteiger partial charge in [0, 0.05) is 60.7 Å². The van der Waals surface area contributed by atoms with Gasteiger partial charge in [-0.25, -0.2) is 4.98 Å². The molecule has 4 bridgehead atoms. The lowest BCUT2D eigenvalue weighted by Crippen LogP contribution is -2.62. The van der Waals surface area contributed by atoms with Crippen molar-refractivity contribution < 1.29 is 82.7 Å². The molecule has 32 heteroatoms. The Morgan fingerprint density at radius 3 is 1.87 bits per heavy atom. The van der Waals surface area contributed by atoms with Crippen molar-refractivity contribution in [2.24, 2.45) is 10.9 Å². The Balaban J connectivity index is 1.28. The zero-order valence-corrected chi connectivity index (χ0v) is 53.3. The van der Waals surface area contributed by atoms with Gasteiger partial charge in [0.05, 0.1) is 25.5 Å². The number of primary amides is 1. The number of H-pyrrole nitrogens is 1. The first kappa shape index (κ1) is 72.0. The number of carbonyl (C=O) groups excluding carboxylic acids is 10. The van der Waals surface area contributed by atoms with Crippen LogP contribution in [0.25, 0.3) is 0 Å². The molecule has 0 aliphatic carbocycles. The number of oxime groups is 1. The average Bonchev–Trinajstić information content (AvgIpc) is 1.60. The molecule has 10 atom stereocenters. The lowest BCUT2D eigenvalue weighted by molar-refractivity contribution is -0.144. The molecule has 10 amide bonds. The number of benzene rings is 3. The normalized spacial score (nSPS) is 25.1. The van der Waals surface area contributed by atoms with Crippen LogP contribution < -0.4 is 53.0 Å². The van der Waals surface area contributed by atoms with E-state index in [0.29, 0.717) is 53.1 Å². The number of aromatic nitrogens is 2. The van der Waals surface area contributed by atoms with Gasteiger partial charge in [0.15, 0.2) is 0 Å². The molecular weight excluding hydrogens is 1260 g/mol. The molecule has 0 spiro atoms. The number of nitrogens with two attached hydrogens (primary N) is 1. The van der Waals surface area contributed by atoms with E-state index in [1.807, 2.05) is 18.2 Å². The highest BCUT2D eigenvalue weighted by Gasteiger charge is 2.41. The quantitative estimate of drug-likeness (QED) is 0.0925. The third kappa shape index (κ3) is 22.4. The van der Waals surface area contributed by atoms with Crippen molar-refractivity contribution in [3.8, 4) is 17.2 Å². The Hall–Kier alpha value is -9.43. The number of carboxylic acid groups (broad SMARTS) is 1. The topological polar surface area (TPSA) is 454 Å². The third-order valence-corrected chi connectivity index (χ3v) is 17.6. The number of aliphatic carboxylic acids is 1. The van der Waals surface area contributed by atoms with Crippen molar-refractivity contribution in [2.45, 2.75) is 150 Å². The molecule has 3 aliphatic heterocycles. The van der Waals surface area contributed by atoms with Crippen LogP contribution in [0.3, 0.4) is 0 Å². The molecule has 3 aromatic carbocycles. The largest absolute Gasteiger partial charge is 0.508 e. The van der Waals surface area contributed by atoms with E-state index >= 15 is 4.79 Å². The van der Waals surface area contributed by atoms with Crippen molar-refractivity contribution in [1.29, 1.82) is 0 Å². The molecule has 30 nitrogen and oxygen atoms in total. The van der Waals surface area contributed by atoms with E-state index in [-0.39, 0.29) is 79.8 Å². The standard InChI is InChI=1S/C62H79N13O17S2/c1-34-55(83)73-49-32-94-30-39-20-38(21-43(22-39)91-18-5-3-4-6-19-92-66-28-51(79)67-34)29-93-31-48(54(63)82)72-57(85)45(25-40-27-64-33-65-40)68-56(84)44(23-36-9-13-41(77)14-10-36)70-61(89)53(35(2)76)74-58(86)46(26-52(80)81)69-60(88)50-8-7-17-75(50)62(90)47(71-59(49)87)24-37-11-15-42(78)16-12-37/h9-16,20-22,27-28,33-35,44-50,53,76-78H,3-8,17-19,23-26,29-32H2,1-2H3,(H2,63,82)(H,64,65)(H,67,79)(H,68,84)(H,69,88)(H,70,89)(H,71,87)(H,72,85)(H,73,83)(H,74,86)(H,80,81)/b66-28+/t34-,35+,44-,45-,46-,47-,48-,49-,50-,53-/m0/s1. The second kappa shape index (κ2) is 35.6. The number of nitrogens with one attached hydrogen (secondary N) is 9. The number of nitrogens with zero attached hydrogens (tertiary/aromatic N) is 3. The van der Waals surface area contributed by atoms with Gasteiger partial charge >= 0.3 is 5.97 Å². The molecule has 0 radical (unpaired) electrons. The summed E-state index contributed by atoms with van der Waals surface area (Å²) in [5, 5.41) is 65.5. The monoisotopic (exact) mass is 1340 g/mol. The molecule has 0 saturated carbocycles. The number of rotatable bonds is 10. The van der Waals surface area contributed by atoms with Gasteiger partial charge in [0.1, 0.15) is 84.4 Å². The Morgan fingerprint density at radius 2 is 1.24 bits per heavy atom. The number of hydrogen-bond donors (Lipinski definition) is 14. The Labute approximate surface area is 549 Å². The van der Waals surface area contributed by atoms with Gasteiger partial charge in [-0.2, -0.15) is 23.5 Å². The Morgan fingerprint density at radius 1 is 0.660 bits per heavy atom. The van der Waals surface area contributed by atoms with Crippen LogP contribution in [0.15, 0.2) is 84.4 Å². The first-order valence-corrected chi connectivity index (χ1v) is 32.8. The summed E-state index contributed by atoms with van der Waals surface area (Å²) in [7, 11) is 0. The van der Waals surface area contributed by atoms with E-state index in [1.54, 1.807) is 0 Å². The minimum atomic E-state index is -1.97. The molecular formula is C62H79N13O17S2. The van der Waals surface area contributed by atoms with Crippen LogP contribution in [0, 0.1) is 0 Å². The summed E-state index contributed by atoms with van der Waals surface area (Å²) in [6.07, 6.45) is 2.97. The molecule has 1 fully saturated rings. The zero-order chi connectivity index (χ0) is 67.8. The molecule has 1 saturated heterocycles. The van der Waals surface area contributed by atoms with E-state index in [4.69, 9.17) is 15.3 Å². The summed E-state index contributed by atoms with van der Waals surface area (Å²) in [4.78, 5) is 168. The smallest absolute Gasteiger partial charge is 0.305 e. The summed E-state index contributed by atoms with van der Waals surface area (Å²) in [6.45, 7) is 2.95. The fraction of sp³-hybridized carbons (Fsp3) is 0.468. The maximum Gasteiger partial charge on any atom is 0.305 e. The summed E-state index contributed by atoms with van der Waals surface area (Å²) in [6, 6.07) is 2.88. The number of aliphatic hydroxyl groups excluding tert-OH is 1. The highest BCUT2D eigenvalue weighted by Crippen LogP contribution is 2.27. The van der Waals surface area contributed by atoms with Gasteiger partial charge < -0.3 is 88.2 Å². The molecule has 94 heavy (non-hydrogen) atoms. The maximum absolute atomic E-state index is 15.0. The molecule has 7 rings (SSSR count). The van der Waals surface area contributed by atoms with Crippen molar-refractivity contribution in [2.75, 3.05) is 31.3 Å². The lowest BCUT2D eigenvalue weighted by atomic mass is 10.0. The van der Waals surface area contributed by atoms with Crippen LogP contribution in [0.1, 0.15) is 86.7 Å². The summed E-state index contributed by atoms with van der Waals surface area (Å²) < 4.78 is 6.27. The number of hydrogen-bond acceptors (Lipinski definition) is 20. The molecule has 506 valence electrons. The van der Waals surface area contributed by atoms with Crippen LogP contribution >= 0.6 is 23.5 Å². The minimum absolute atomic E-state index is 0.0133. The number of thioether (sulfide) groups is 2. The molecule has 3 aliphatic rings. The van der Waals surface area contributed by atoms with E-state index in [1.165, 1.54) is 91.5 Å². The van der Waals surface area contributed by atoms with Crippen LogP contribution in [-0.4, -0.2) is 198 Å². The number of carboxylic acids is 1. The van der Waals surface area contributed by atoms with Crippen molar-refractivity contribution in [3.05, 3.63) is 107 Å². The number of carbonyl (C=O) groups is 11. The summed E-state index contributed by atoms with van der Waals surface area (Å²) in [5.74, 6) is -10.6. The maximum atomic E-state index is 15.0. The van der Waals surface area contributed by atoms with Crippen molar-refractivity contribution in [3.63, 3.8) is 0 Å². The number of fused-ring (bicyclic) bond motifs is 6. The number of aromatic amines is 1. The lowest BCUT2D eigenvalue weighted by Gasteiger charge is -2.31. The van der Waals surface area contributed by atoms with E-state index in [9.17, 15) is 68.4 Å². The fourth-order valence-corrected chi connectivity index (χ4v) is 12.4. The molecule has 1 aromatic heterocycles. The first-order chi connectivity index (χ1) is 45.0. The SMILES string of the molecule is C[C@@H]1NC(=O)/C=N/OCCCCCCOc2cc3cc(c2)CSC[C@H](NC1=O)C(=O)N[C@@H](Cc1ccc(O)cc1)C(=O)N1CCC[C@H]1C(=O)N[C@@H](CC(=O)O)C(=O)N[C@@H]([C@@H](C)O)C(=O)N[C@@H](Cc1ccc(O)cc1)C(=O)N[C@@H](Cc1cnc[nH]1)C(=O)N[C@H](C(N)=O)CSC3. The number of imidazole rings is 1. The van der Waals surface area contributed by atoms with E-state index < -0.39 is 132 Å². The zero-order valence-electron chi connectivity index (χ0n) is 51.7. The number of ether oxygens (including phenoxy) is 1. The second-order valence-corrected chi connectivity index (χ2v) is 24.9. The van der Waals surface area contributed by atoms with Gasteiger partial charge in [-0.15, -0.1) is 0 Å². The molecule has 4 heterocycles. The Bertz CT molecular complexity index is 3340. The fourth-order valence-electron chi connectivity index (χ4n) is 10.4. The Kier molecular flexibility index (Phi) is 27.2. The third-order valence-electron chi connectivity index (χ3n) is 15.3. The second-order valence-electron chi connectivity index (χ2n) is 22.9. The first-order valence-electron chi connectivity index (χ1n) is 30.5. The van der Waals surface area contributed by atoms with Crippen LogP contribution in [0.5, 0.6) is 17.2 Å².